The van der Waals surface area contributed by atoms with Crippen molar-refractivity contribution >= 4 is 17.2 Å². The molecule has 0 fully saturated rings. The number of aliphatic hydroxyl groups excluding tert-OH is 1. The summed E-state index contributed by atoms with van der Waals surface area (Å²) in [4.78, 5) is 1.04. The highest BCUT2D eigenvalue weighted by atomic mass is 32.1. The maximum atomic E-state index is 10.0. The van der Waals surface area contributed by atoms with Crippen LogP contribution in [-0.4, -0.2) is 35.7 Å². The Balaban J connectivity index is 2.02. The lowest BCUT2D eigenvalue weighted by Gasteiger charge is -2.16. The zero-order valence-electron chi connectivity index (χ0n) is 8.94. The van der Waals surface area contributed by atoms with Crippen LogP contribution >= 0.6 is 11.3 Å². The van der Waals surface area contributed by atoms with E-state index >= 15 is 0 Å². The molecule has 1 aliphatic rings. The number of hydrogen-bond donors (Lipinski definition) is 2. The minimum atomic E-state index is -0.368. The van der Waals surface area contributed by atoms with Crippen molar-refractivity contribution in [2.75, 3.05) is 20.1 Å². The van der Waals surface area contributed by atoms with E-state index in [4.69, 9.17) is 0 Å². The molecule has 0 unspecified atom stereocenters. The topological polar surface area (TPSA) is 35.3 Å². The van der Waals surface area contributed by atoms with Crippen molar-refractivity contribution in [1.82, 2.24) is 5.32 Å². The Morgan fingerprint density at radius 2 is 2.53 bits per heavy atom. The van der Waals surface area contributed by atoms with E-state index in [1.165, 1.54) is 6.42 Å². The fourth-order valence-corrected chi connectivity index (χ4v) is 2.52. The molecular weight excluding hydrogens is 208 g/mol. The van der Waals surface area contributed by atoms with E-state index in [1.54, 1.807) is 11.3 Å². The van der Waals surface area contributed by atoms with E-state index in [0.717, 1.165) is 23.8 Å². The molecule has 82 valence electrons. The predicted molar refractivity (Wildman–Crippen MR) is 62.6 cm³/mol. The second-order valence-corrected chi connectivity index (χ2v) is 4.86. The quantitative estimate of drug-likeness (QED) is 0.758. The summed E-state index contributed by atoms with van der Waals surface area (Å²) in [6, 6.07) is 3.96. The minimum absolute atomic E-state index is 0.368. The molecule has 0 aliphatic carbocycles. The van der Waals surface area contributed by atoms with Gasteiger partial charge in [-0.1, -0.05) is 6.07 Å². The zero-order chi connectivity index (χ0) is 10.7. The first-order valence-corrected chi connectivity index (χ1v) is 6.17. The first-order valence-electron chi connectivity index (χ1n) is 5.29. The molecule has 1 aromatic heterocycles. The molecule has 0 saturated heterocycles. The third-order valence-electron chi connectivity index (χ3n) is 2.72. The van der Waals surface area contributed by atoms with Gasteiger partial charge in [0.25, 0.3) is 0 Å². The van der Waals surface area contributed by atoms with Gasteiger partial charge in [-0.05, 0) is 11.4 Å². The van der Waals surface area contributed by atoms with Crippen molar-refractivity contribution in [3.8, 4) is 0 Å². The van der Waals surface area contributed by atoms with Crippen LogP contribution in [0.1, 0.15) is 23.8 Å². The van der Waals surface area contributed by atoms with Crippen molar-refractivity contribution in [3.05, 3.63) is 22.4 Å². The second-order valence-electron chi connectivity index (χ2n) is 3.88. The molecule has 1 aromatic rings. The lowest BCUT2D eigenvalue weighted by Crippen LogP contribution is -2.39. The summed E-state index contributed by atoms with van der Waals surface area (Å²) in [6.07, 6.45) is 1.50. The third kappa shape index (κ3) is 2.58. The first-order chi connectivity index (χ1) is 7.27. The molecule has 0 radical (unpaired) electrons. The Morgan fingerprint density at radius 3 is 3.20 bits per heavy atom. The lowest BCUT2D eigenvalue weighted by atomic mass is 10.2. The van der Waals surface area contributed by atoms with Crippen molar-refractivity contribution in [3.63, 3.8) is 0 Å². The monoisotopic (exact) mass is 225 g/mol. The number of nitrogens with zero attached hydrogens (tertiary/aromatic N) is 1. The summed E-state index contributed by atoms with van der Waals surface area (Å²) in [5.41, 5.74) is 0. The average molecular weight is 225 g/mol. The van der Waals surface area contributed by atoms with Crippen molar-refractivity contribution in [1.29, 1.82) is 0 Å². The number of hydrogen-bond acceptors (Lipinski definition) is 3. The van der Waals surface area contributed by atoms with Gasteiger partial charge in [0.1, 0.15) is 0 Å². The maximum Gasteiger partial charge on any atom is 0.247 e. The molecule has 0 aromatic carbocycles. The van der Waals surface area contributed by atoms with Crippen molar-refractivity contribution in [2.24, 2.45) is 0 Å². The standard InChI is InChI=1S/C11H16N2OS/c1-13-6-3-5-12-11(13)8-9(14)10-4-2-7-15-10/h2,4,7,9,14H,3,5-6,8H2,1H3/p+1/t9-/m1/s1. The zero-order valence-corrected chi connectivity index (χ0v) is 9.76. The minimum Gasteiger partial charge on any atom is -0.387 e. The van der Waals surface area contributed by atoms with Gasteiger partial charge in [0.15, 0.2) is 0 Å². The Hall–Kier alpha value is -0.870. The molecule has 1 aliphatic heterocycles. The SMILES string of the molecule is C[N+]1=C(C[C@@H](O)c2cccs2)NCCC1. The molecule has 2 heterocycles. The van der Waals surface area contributed by atoms with Gasteiger partial charge in [0.2, 0.25) is 5.84 Å². The predicted octanol–water partition coefficient (Wildman–Crippen LogP) is 1.21. The smallest absolute Gasteiger partial charge is 0.247 e. The highest BCUT2D eigenvalue weighted by Gasteiger charge is 2.20. The van der Waals surface area contributed by atoms with Crippen LogP contribution < -0.4 is 5.32 Å². The summed E-state index contributed by atoms with van der Waals surface area (Å²) in [7, 11) is 2.07. The molecule has 3 nitrogen and oxygen atoms in total. The Labute approximate surface area is 94.1 Å². The largest absolute Gasteiger partial charge is 0.387 e. The van der Waals surface area contributed by atoms with E-state index in [-0.39, 0.29) is 6.10 Å². The molecule has 0 amide bonds. The molecule has 2 N–H and O–H groups in total. The lowest BCUT2D eigenvalue weighted by molar-refractivity contribution is -0.505. The summed E-state index contributed by atoms with van der Waals surface area (Å²) in [5.74, 6) is 1.15. The molecule has 2 rings (SSSR count). The van der Waals surface area contributed by atoms with Gasteiger partial charge in [-0.2, -0.15) is 0 Å². The summed E-state index contributed by atoms with van der Waals surface area (Å²) in [5, 5.41) is 15.4. The first kappa shape index (κ1) is 10.6. The molecule has 1 atom stereocenters. The molecule has 0 bridgehead atoms. The highest BCUT2D eigenvalue weighted by molar-refractivity contribution is 7.10. The maximum absolute atomic E-state index is 10.0. The van der Waals surface area contributed by atoms with E-state index in [9.17, 15) is 5.11 Å². The second kappa shape index (κ2) is 4.77. The van der Waals surface area contributed by atoms with E-state index in [0.29, 0.717) is 6.42 Å². The van der Waals surface area contributed by atoms with Crippen LogP contribution in [0, 0.1) is 0 Å². The summed E-state index contributed by atoms with van der Waals surface area (Å²) >= 11 is 1.61. The number of aliphatic hydroxyl groups is 1. The summed E-state index contributed by atoms with van der Waals surface area (Å²) in [6.45, 7) is 2.11. The van der Waals surface area contributed by atoms with Gasteiger partial charge in [0, 0.05) is 11.3 Å². The van der Waals surface area contributed by atoms with Gasteiger partial charge in [0.05, 0.1) is 32.7 Å². The highest BCUT2D eigenvalue weighted by Crippen LogP contribution is 2.21. The number of nitrogens with one attached hydrogen (secondary N) is 1. The number of thiophene rings is 1. The average Bonchev–Trinajstić information content (AvgIpc) is 2.74. The van der Waals surface area contributed by atoms with E-state index in [1.807, 2.05) is 17.5 Å². The van der Waals surface area contributed by atoms with Gasteiger partial charge in [-0.15, -0.1) is 11.3 Å². The van der Waals surface area contributed by atoms with Crippen LogP contribution in [-0.2, 0) is 0 Å². The normalized spacial score (nSPS) is 18.8. The van der Waals surface area contributed by atoms with Crippen LogP contribution in [0.2, 0.25) is 0 Å². The van der Waals surface area contributed by atoms with Crippen molar-refractivity contribution < 1.29 is 9.68 Å². The van der Waals surface area contributed by atoms with E-state index in [2.05, 4.69) is 16.9 Å². The molecule has 0 saturated carbocycles. The summed E-state index contributed by atoms with van der Waals surface area (Å²) < 4.78 is 2.19. The van der Waals surface area contributed by atoms with Gasteiger partial charge < -0.3 is 5.11 Å². The van der Waals surface area contributed by atoms with Crippen LogP contribution in [0.5, 0.6) is 0 Å². The molecule has 15 heavy (non-hydrogen) atoms. The third-order valence-corrected chi connectivity index (χ3v) is 3.69. The molecule has 0 spiro atoms. The molecule has 4 heteroatoms. The Kier molecular flexibility index (Phi) is 3.38. The molecular formula is C11H17N2OS+. The van der Waals surface area contributed by atoms with Crippen LogP contribution in [0.3, 0.4) is 0 Å². The van der Waals surface area contributed by atoms with Crippen LogP contribution in [0.4, 0.5) is 0 Å². The Bertz CT molecular complexity index is 345. The van der Waals surface area contributed by atoms with Gasteiger partial charge >= 0.3 is 0 Å². The van der Waals surface area contributed by atoms with Gasteiger partial charge in [-0.3, -0.25) is 9.89 Å². The van der Waals surface area contributed by atoms with Crippen LogP contribution in [0.25, 0.3) is 0 Å². The van der Waals surface area contributed by atoms with Crippen LogP contribution in [0.15, 0.2) is 17.5 Å². The number of amidine groups is 1. The fraction of sp³-hybridized carbons (Fsp3) is 0.545. The van der Waals surface area contributed by atoms with Gasteiger partial charge in [-0.25, -0.2) is 0 Å². The van der Waals surface area contributed by atoms with E-state index < -0.39 is 0 Å². The number of rotatable bonds is 3. The fourth-order valence-electron chi connectivity index (χ4n) is 1.81. The Morgan fingerprint density at radius 1 is 1.67 bits per heavy atom. The van der Waals surface area contributed by atoms with Crippen molar-refractivity contribution in [2.45, 2.75) is 18.9 Å².